The van der Waals surface area contributed by atoms with Crippen LogP contribution in [0.2, 0.25) is 0 Å². The van der Waals surface area contributed by atoms with E-state index in [4.69, 9.17) is 0 Å². The molecule has 3 amide bonds. The summed E-state index contributed by atoms with van der Waals surface area (Å²) in [5.74, 6) is -0.0234. The van der Waals surface area contributed by atoms with Crippen LogP contribution in [-0.4, -0.2) is 36.0 Å². The number of carbonyl (C=O) groups excluding carboxylic acids is 2. The number of hydrogen-bond acceptors (Lipinski definition) is 2. The van der Waals surface area contributed by atoms with Gasteiger partial charge in [0.15, 0.2) is 0 Å². The van der Waals surface area contributed by atoms with Crippen LogP contribution in [0.25, 0.3) is 0 Å². The van der Waals surface area contributed by atoms with Gasteiger partial charge in [-0.2, -0.15) is 0 Å². The van der Waals surface area contributed by atoms with Gasteiger partial charge in [0.1, 0.15) is 0 Å². The Morgan fingerprint density at radius 2 is 1.91 bits per heavy atom. The average molecular weight is 382 g/mol. The van der Waals surface area contributed by atoms with Crippen molar-refractivity contribution < 1.29 is 9.59 Å². The SMILES string of the molecule is Cc1ccc(NC(=O)C2CCN(C(=O)NC(C)C)CC2)c(Br)c1. The van der Waals surface area contributed by atoms with E-state index in [1.807, 2.05) is 39.0 Å². The van der Waals surface area contributed by atoms with Crippen molar-refractivity contribution in [3.8, 4) is 0 Å². The first-order valence-electron chi connectivity index (χ1n) is 7.99. The molecule has 1 aliphatic rings. The molecule has 1 aromatic carbocycles. The summed E-state index contributed by atoms with van der Waals surface area (Å²) < 4.78 is 0.889. The second kappa shape index (κ2) is 7.81. The zero-order valence-corrected chi connectivity index (χ0v) is 15.4. The van der Waals surface area contributed by atoms with Crippen molar-refractivity contribution in [2.24, 2.45) is 5.92 Å². The van der Waals surface area contributed by atoms with Crippen LogP contribution < -0.4 is 10.6 Å². The third kappa shape index (κ3) is 4.96. The third-order valence-electron chi connectivity index (χ3n) is 3.95. The van der Waals surface area contributed by atoms with E-state index < -0.39 is 0 Å². The molecule has 1 fully saturated rings. The van der Waals surface area contributed by atoms with E-state index in [0.717, 1.165) is 15.7 Å². The lowest BCUT2D eigenvalue weighted by Gasteiger charge is -2.32. The van der Waals surface area contributed by atoms with Crippen LogP contribution in [0.5, 0.6) is 0 Å². The molecule has 1 heterocycles. The lowest BCUT2D eigenvalue weighted by atomic mass is 9.96. The summed E-state index contributed by atoms with van der Waals surface area (Å²) in [4.78, 5) is 26.2. The molecule has 0 radical (unpaired) electrons. The number of urea groups is 1. The predicted molar refractivity (Wildman–Crippen MR) is 95.5 cm³/mol. The number of nitrogens with one attached hydrogen (secondary N) is 2. The van der Waals surface area contributed by atoms with E-state index in [-0.39, 0.29) is 23.9 Å². The summed E-state index contributed by atoms with van der Waals surface area (Å²) in [5, 5.41) is 5.87. The van der Waals surface area contributed by atoms with Crippen molar-refractivity contribution in [1.29, 1.82) is 0 Å². The highest BCUT2D eigenvalue weighted by atomic mass is 79.9. The minimum Gasteiger partial charge on any atom is -0.336 e. The number of halogens is 1. The number of benzene rings is 1. The molecule has 1 aromatic rings. The highest BCUT2D eigenvalue weighted by molar-refractivity contribution is 9.10. The fourth-order valence-corrected chi connectivity index (χ4v) is 3.23. The minimum atomic E-state index is -0.0497. The van der Waals surface area contributed by atoms with E-state index >= 15 is 0 Å². The summed E-state index contributed by atoms with van der Waals surface area (Å²) in [7, 11) is 0. The highest BCUT2D eigenvalue weighted by Crippen LogP contribution is 2.25. The molecular weight excluding hydrogens is 358 g/mol. The summed E-state index contributed by atoms with van der Waals surface area (Å²) in [5.41, 5.74) is 1.93. The molecule has 1 aliphatic heterocycles. The van der Waals surface area contributed by atoms with Gasteiger partial charge in [-0.3, -0.25) is 4.79 Å². The molecule has 1 saturated heterocycles. The molecule has 2 rings (SSSR count). The second-order valence-corrected chi connectivity index (χ2v) is 7.19. The minimum absolute atomic E-state index is 0.0264. The number of rotatable bonds is 3. The monoisotopic (exact) mass is 381 g/mol. The van der Waals surface area contributed by atoms with Crippen LogP contribution >= 0.6 is 15.9 Å². The largest absolute Gasteiger partial charge is 0.336 e. The van der Waals surface area contributed by atoms with E-state index in [2.05, 4.69) is 26.6 Å². The number of hydrogen-bond donors (Lipinski definition) is 2. The van der Waals surface area contributed by atoms with Crippen LogP contribution in [0.15, 0.2) is 22.7 Å². The quantitative estimate of drug-likeness (QED) is 0.840. The number of nitrogens with zero attached hydrogens (tertiary/aromatic N) is 1. The van der Waals surface area contributed by atoms with Gasteiger partial charge in [0, 0.05) is 29.5 Å². The van der Waals surface area contributed by atoms with Gasteiger partial charge < -0.3 is 15.5 Å². The molecule has 0 spiro atoms. The van der Waals surface area contributed by atoms with Crippen molar-refractivity contribution in [3.63, 3.8) is 0 Å². The average Bonchev–Trinajstić information content (AvgIpc) is 2.49. The zero-order chi connectivity index (χ0) is 17.0. The van der Waals surface area contributed by atoms with Crippen molar-refractivity contribution in [1.82, 2.24) is 10.2 Å². The van der Waals surface area contributed by atoms with Gasteiger partial charge in [-0.15, -0.1) is 0 Å². The molecule has 2 N–H and O–H groups in total. The Morgan fingerprint density at radius 3 is 2.48 bits per heavy atom. The van der Waals surface area contributed by atoms with Gasteiger partial charge in [-0.1, -0.05) is 6.07 Å². The van der Waals surface area contributed by atoms with E-state index in [9.17, 15) is 9.59 Å². The van der Waals surface area contributed by atoms with Crippen LogP contribution in [0.3, 0.4) is 0 Å². The predicted octanol–water partition coefficient (Wildman–Crippen LogP) is 3.53. The Hall–Kier alpha value is -1.56. The highest BCUT2D eigenvalue weighted by Gasteiger charge is 2.27. The fourth-order valence-electron chi connectivity index (χ4n) is 2.64. The van der Waals surface area contributed by atoms with Crippen LogP contribution in [0, 0.1) is 12.8 Å². The summed E-state index contributed by atoms with van der Waals surface area (Å²) in [6.45, 7) is 7.13. The lowest BCUT2D eigenvalue weighted by Crippen LogP contribution is -2.47. The topological polar surface area (TPSA) is 61.4 Å². The van der Waals surface area contributed by atoms with Crippen LogP contribution in [-0.2, 0) is 4.79 Å². The molecule has 0 atom stereocenters. The molecular formula is C17H24BrN3O2. The van der Waals surface area contributed by atoms with Gasteiger partial charge in [0.05, 0.1) is 5.69 Å². The number of aryl methyl sites for hydroxylation is 1. The molecule has 0 unspecified atom stereocenters. The number of piperidine rings is 1. The first-order valence-corrected chi connectivity index (χ1v) is 8.78. The normalized spacial score (nSPS) is 15.6. The standard InChI is InChI=1S/C17H24BrN3O2/c1-11(2)19-17(23)21-8-6-13(7-9-21)16(22)20-15-5-4-12(3)10-14(15)18/h4-5,10-11,13H,6-9H2,1-3H3,(H,19,23)(H,20,22). The Labute approximate surface area is 145 Å². The Balaban J connectivity index is 1.87. The lowest BCUT2D eigenvalue weighted by molar-refractivity contribution is -0.121. The maximum atomic E-state index is 12.4. The number of anilines is 1. The van der Waals surface area contributed by atoms with Gasteiger partial charge in [0.25, 0.3) is 0 Å². The first kappa shape index (κ1) is 17.8. The van der Waals surface area contributed by atoms with E-state index in [0.29, 0.717) is 25.9 Å². The Morgan fingerprint density at radius 1 is 1.26 bits per heavy atom. The molecule has 6 heteroatoms. The summed E-state index contributed by atoms with van der Waals surface area (Å²) >= 11 is 3.48. The van der Waals surface area contributed by atoms with Crippen molar-refractivity contribution >= 4 is 33.6 Å². The van der Waals surface area contributed by atoms with Gasteiger partial charge in [-0.05, 0) is 67.2 Å². The van der Waals surface area contributed by atoms with Crippen molar-refractivity contribution in [2.75, 3.05) is 18.4 Å². The van der Waals surface area contributed by atoms with Crippen molar-refractivity contribution in [2.45, 2.75) is 39.7 Å². The molecule has 5 nitrogen and oxygen atoms in total. The zero-order valence-electron chi connectivity index (χ0n) is 13.9. The maximum Gasteiger partial charge on any atom is 0.317 e. The van der Waals surface area contributed by atoms with Gasteiger partial charge >= 0.3 is 6.03 Å². The fraction of sp³-hybridized carbons (Fsp3) is 0.529. The first-order chi connectivity index (χ1) is 10.9. The van der Waals surface area contributed by atoms with Crippen LogP contribution in [0.1, 0.15) is 32.3 Å². The third-order valence-corrected chi connectivity index (χ3v) is 4.60. The number of likely N-dealkylation sites (tertiary alicyclic amines) is 1. The Kier molecular flexibility index (Phi) is 6.04. The van der Waals surface area contributed by atoms with E-state index in [1.54, 1.807) is 4.90 Å². The number of amides is 3. The van der Waals surface area contributed by atoms with E-state index in [1.165, 1.54) is 0 Å². The smallest absolute Gasteiger partial charge is 0.317 e. The molecule has 0 aliphatic carbocycles. The molecule has 126 valence electrons. The molecule has 0 saturated carbocycles. The number of carbonyl (C=O) groups is 2. The molecule has 0 bridgehead atoms. The van der Waals surface area contributed by atoms with Crippen molar-refractivity contribution in [3.05, 3.63) is 28.2 Å². The molecule has 0 aromatic heterocycles. The van der Waals surface area contributed by atoms with Gasteiger partial charge in [0.2, 0.25) is 5.91 Å². The second-order valence-electron chi connectivity index (χ2n) is 6.34. The Bertz CT molecular complexity index is 581. The summed E-state index contributed by atoms with van der Waals surface area (Å²) in [6.07, 6.45) is 1.39. The van der Waals surface area contributed by atoms with Crippen LogP contribution in [0.4, 0.5) is 10.5 Å². The maximum absolute atomic E-state index is 12.4. The summed E-state index contributed by atoms with van der Waals surface area (Å²) in [6, 6.07) is 5.94. The molecule has 23 heavy (non-hydrogen) atoms. The van der Waals surface area contributed by atoms with Gasteiger partial charge in [-0.25, -0.2) is 4.79 Å².